The van der Waals surface area contributed by atoms with Crippen LogP contribution >= 0.6 is 11.6 Å². The van der Waals surface area contributed by atoms with Gasteiger partial charge in [-0.25, -0.2) is 9.97 Å². The summed E-state index contributed by atoms with van der Waals surface area (Å²) in [5.74, 6) is 1.17. The third kappa shape index (κ3) is 2.40. The minimum atomic E-state index is 0.151. The van der Waals surface area contributed by atoms with E-state index in [0.717, 1.165) is 10.9 Å². The Kier molecular flexibility index (Phi) is 3.73. The van der Waals surface area contributed by atoms with Crippen molar-refractivity contribution < 1.29 is 9.47 Å². The molecule has 0 aliphatic rings. The zero-order valence-corrected chi connectivity index (χ0v) is 12.9. The van der Waals surface area contributed by atoms with Gasteiger partial charge in [0.15, 0.2) is 11.5 Å². The van der Waals surface area contributed by atoms with Crippen molar-refractivity contribution in [1.82, 2.24) is 9.97 Å². The fourth-order valence-electron chi connectivity index (χ4n) is 2.35. The lowest BCUT2D eigenvalue weighted by Gasteiger charge is -2.12. The van der Waals surface area contributed by atoms with E-state index in [1.807, 2.05) is 30.3 Å². The first kappa shape index (κ1) is 14.4. The molecular formula is C16H14ClN3O2. The molecule has 0 radical (unpaired) electrons. The van der Waals surface area contributed by atoms with Crippen molar-refractivity contribution in [3.63, 3.8) is 0 Å². The van der Waals surface area contributed by atoms with E-state index in [2.05, 4.69) is 9.97 Å². The van der Waals surface area contributed by atoms with Crippen molar-refractivity contribution in [3.05, 3.63) is 41.7 Å². The molecule has 0 spiro atoms. The van der Waals surface area contributed by atoms with Gasteiger partial charge in [-0.2, -0.15) is 0 Å². The highest BCUT2D eigenvalue weighted by Crippen LogP contribution is 2.37. The van der Waals surface area contributed by atoms with E-state index in [1.165, 1.54) is 0 Å². The molecule has 1 aromatic heterocycles. The standard InChI is InChI=1S/C16H14ClN3O2/c1-21-13-7-10-12(8-14(13)22-2)19-16(17)20-15(10)9-5-3-4-6-11(9)18/h3-8H,18H2,1-2H3. The van der Waals surface area contributed by atoms with Gasteiger partial charge in [-0.1, -0.05) is 18.2 Å². The van der Waals surface area contributed by atoms with Crippen LogP contribution in [0.25, 0.3) is 22.2 Å². The van der Waals surface area contributed by atoms with Gasteiger partial charge in [0, 0.05) is 22.7 Å². The third-order valence-electron chi connectivity index (χ3n) is 3.39. The van der Waals surface area contributed by atoms with Crippen LogP contribution in [0.1, 0.15) is 0 Å². The maximum Gasteiger partial charge on any atom is 0.223 e. The summed E-state index contributed by atoms with van der Waals surface area (Å²) in [6.45, 7) is 0. The Hall–Kier alpha value is -2.53. The number of ether oxygens (including phenoxy) is 2. The quantitative estimate of drug-likeness (QED) is 0.591. The highest BCUT2D eigenvalue weighted by Gasteiger charge is 2.15. The first-order valence-electron chi connectivity index (χ1n) is 6.58. The Balaban J connectivity index is 2.37. The molecule has 6 heteroatoms. The summed E-state index contributed by atoms with van der Waals surface area (Å²) < 4.78 is 10.7. The molecule has 0 aliphatic heterocycles. The summed E-state index contributed by atoms with van der Waals surface area (Å²) in [6, 6.07) is 11.1. The lowest BCUT2D eigenvalue weighted by atomic mass is 10.0. The zero-order chi connectivity index (χ0) is 15.7. The normalized spacial score (nSPS) is 10.7. The summed E-state index contributed by atoms with van der Waals surface area (Å²) in [7, 11) is 3.15. The average Bonchev–Trinajstić information content (AvgIpc) is 2.53. The number of nitrogens with two attached hydrogens (primary N) is 1. The Morgan fingerprint density at radius 2 is 1.68 bits per heavy atom. The number of anilines is 1. The van der Waals surface area contributed by atoms with Crippen LogP contribution in [0.4, 0.5) is 5.69 Å². The van der Waals surface area contributed by atoms with E-state index < -0.39 is 0 Å². The fraction of sp³-hybridized carbons (Fsp3) is 0.125. The van der Waals surface area contributed by atoms with Crippen LogP contribution in [-0.2, 0) is 0 Å². The van der Waals surface area contributed by atoms with Crippen molar-refractivity contribution in [1.29, 1.82) is 0 Å². The number of para-hydroxylation sites is 1. The van der Waals surface area contributed by atoms with Crippen LogP contribution in [-0.4, -0.2) is 24.2 Å². The van der Waals surface area contributed by atoms with Crippen LogP contribution in [0.15, 0.2) is 36.4 Å². The molecule has 2 N–H and O–H groups in total. The van der Waals surface area contributed by atoms with Crippen LogP contribution in [0.5, 0.6) is 11.5 Å². The third-order valence-corrected chi connectivity index (χ3v) is 3.56. The van der Waals surface area contributed by atoms with Crippen molar-refractivity contribution in [2.75, 3.05) is 20.0 Å². The molecule has 1 heterocycles. The van der Waals surface area contributed by atoms with Gasteiger partial charge in [0.1, 0.15) is 0 Å². The monoisotopic (exact) mass is 315 g/mol. The molecular weight excluding hydrogens is 302 g/mol. The number of hydrogen-bond donors (Lipinski definition) is 1. The summed E-state index contributed by atoms with van der Waals surface area (Å²) >= 11 is 6.06. The topological polar surface area (TPSA) is 70.3 Å². The van der Waals surface area contributed by atoms with Crippen molar-refractivity contribution in [3.8, 4) is 22.8 Å². The molecule has 3 aromatic rings. The fourth-order valence-corrected chi connectivity index (χ4v) is 2.52. The second kappa shape index (κ2) is 5.69. The number of aromatic nitrogens is 2. The van der Waals surface area contributed by atoms with E-state index in [1.54, 1.807) is 20.3 Å². The molecule has 0 saturated heterocycles. The molecule has 112 valence electrons. The average molecular weight is 316 g/mol. The van der Waals surface area contributed by atoms with Gasteiger partial charge in [0.2, 0.25) is 5.28 Å². The number of rotatable bonds is 3. The van der Waals surface area contributed by atoms with Crippen molar-refractivity contribution in [2.24, 2.45) is 0 Å². The zero-order valence-electron chi connectivity index (χ0n) is 12.1. The molecule has 3 rings (SSSR count). The summed E-state index contributed by atoms with van der Waals surface area (Å²) in [5.41, 5.74) is 8.80. The SMILES string of the molecule is COc1cc2nc(Cl)nc(-c3ccccc3N)c2cc1OC. The molecule has 5 nitrogen and oxygen atoms in total. The van der Waals surface area contributed by atoms with Crippen LogP contribution in [0.2, 0.25) is 5.28 Å². The van der Waals surface area contributed by atoms with E-state index in [9.17, 15) is 0 Å². The number of methoxy groups -OCH3 is 2. The molecule has 0 aliphatic carbocycles. The van der Waals surface area contributed by atoms with Crippen LogP contribution in [0, 0.1) is 0 Å². The highest BCUT2D eigenvalue weighted by atomic mass is 35.5. The van der Waals surface area contributed by atoms with Gasteiger partial charge in [-0.15, -0.1) is 0 Å². The number of fused-ring (bicyclic) bond motifs is 1. The van der Waals surface area contributed by atoms with Crippen LogP contribution < -0.4 is 15.2 Å². The Morgan fingerprint density at radius 1 is 1.00 bits per heavy atom. The van der Waals surface area contributed by atoms with E-state index in [4.69, 9.17) is 26.8 Å². The molecule has 0 bridgehead atoms. The lowest BCUT2D eigenvalue weighted by Crippen LogP contribution is -1.97. The predicted octanol–water partition coefficient (Wildman–Crippen LogP) is 3.55. The minimum absolute atomic E-state index is 0.151. The first-order valence-corrected chi connectivity index (χ1v) is 6.96. The minimum Gasteiger partial charge on any atom is -0.493 e. The predicted molar refractivity (Wildman–Crippen MR) is 87.5 cm³/mol. The highest BCUT2D eigenvalue weighted by molar-refractivity contribution is 6.29. The van der Waals surface area contributed by atoms with Crippen molar-refractivity contribution in [2.45, 2.75) is 0 Å². The van der Waals surface area contributed by atoms with Gasteiger partial charge < -0.3 is 15.2 Å². The van der Waals surface area contributed by atoms with E-state index in [-0.39, 0.29) is 5.28 Å². The van der Waals surface area contributed by atoms with Gasteiger partial charge in [-0.05, 0) is 23.7 Å². The Labute approximate surface area is 132 Å². The Morgan fingerprint density at radius 3 is 2.36 bits per heavy atom. The summed E-state index contributed by atoms with van der Waals surface area (Å²) in [5, 5.41) is 0.943. The number of nitrogens with zero attached hydrogens (tertiary/aromatic N) is 2. The number of benzene rings is 2. The molecule has 2 aromatic carbocycles. The number of halogens is 1. The summed E-state index contributed by atoms with van der Waals surface area (Å²) in [4.78, 5) is 8.59. The maximum atomic E-state index is 6.06. The molecule has 0 amide bonds. The summed E-state index contributed by atoms with van der Waals surface area (Å²) in [6.07, 6.45) is 0. The molecule has 0 saturated carbocycles. The maximum absolute atomic E-state index is 6.06. The lowest BCUT2D eigenvalue weighted by molar-refractivity contribution is 0.356. The van der Waals surface area contributed by atoms with Crippen molar-refractivity contribution >= 4 is 28.2 Å². The number of hydrogen-bond acceptors (Lipinski definition) is 5. The molecule has 22 heavy (non-hydrogen) atoms. The molecule has 0 unspecified atom stereocenters. The smallest absolute Gasteiger partial charge is 0.223 e. The first-order chi connectivity index (χ1) is 10.6. The number of nitrogen functional groups attached to an aromatic ring is 1. The van der Waals surface area contributed by atoms with E-state index >= 15 is 0 Å². The van der Waals surface area contributed by atoms with E-state index in [0.29, 0.717) is 28.4 Å². The second-order valence-electron chi connectivity index (χ2n) is 4.65. The van der Waals surface area contributed by atoms with Gasteiger partial charge in [-0.3, -0.25) is 0 Å². The van der Waals surface area contributed by atoms with Gasteiger partial charge in [0.25, 0.3) is 0 Å². The van der Waals surface area contributed by atoms with Gasteiger partial charge in [0.05, 0.1) is 25.4 Å². The molecule has 0 fully saturated rings. The van der Waals surface area contributed by atoms with Crippen LogP contribution in [0.3, 0.4) is 0 Å². The second-order valence-corrected chi connectivity index (χ2v) is 4.99. The Bertz CT molecular complexity index is 852. The largest absolute Gasteiger partial charge is 0.493 e. The van der Waals surface area contributed by atoms with Gasteiger partial charge >= 0.3 is 0 Å². The molecule has 0 atom stereocenters.